The van der Waals surface area contributed by atoms with Gasteiger partial charge in [-0.2, -0.15) is 0 Å². The van der Waals surface area contributed by atoms with Gasteiger partial charge in [0.15, 0.2) is 0 Å². The van der Waals surface area contributed by atoms with Crippen LogP contribution in [0.25, 0.3) is 0 Å². The van der Waals surface area contributed by atoms with Crippen molar-refractivity contribution in [3.8, 4) is 0 Å². The molecule has 1 atom stereocenters. The second-order valence-corrected chi connectivity index (χ2v) is 4.03. The number of rotatable bonds is 8. The summed E-state index contributed by atoms with van der Waals surface area (Å²) < 4.78 is 8.29. The molecular weight excluding hydrogens is 267 g/mol. The lowest BCUT2D eigenvalue weighted by Gasteiger charge is -2.16. The van der Waals surface area contributed by atoms with Crippen LogP contribution in [-0.2, 0) is 33.4 Å². The first-order valence-corrected chi connectivity index (χ1v) is 6.09. The average molecular weight is 282 g/mol. The predicted octanol–water partition coefficient (Wildman–Crippen LogP) is 0.460. The summed E-state index contributed by atoms with van der Waals surface area (Å²) in [5.41, 5.74) is 0.986. The lowest BCUT2D eigenvalue weighted by molar-refractivity contribution is -0.147. The van der Waals surface area contributed by atoms with Gasteiger partial charge in [0.1, 0.15) is 6.04 Å². The van der Waals surface area contributed by atoms with Gasteiger partial charge in [-0.15, -0.1) is 0 Å². The van der Waals surface area contributed by atoms with Gasteiger partial charge in [-0.25, -0.2) is 4.79 Å². The molecule has 1 rings (SSSR count). The Morgan fingerprint density at radius 2 is 2.21 bits per heavy atom. The van der Waals surface area contributed by atoms with E-state index < -0.39 is 19.1 Å². The highest BCUT2D eigenvalue weighted by Gasteiger charge is 2.23. The predicted molar refractivity (Wildman–Crippen MR) is 72.7 cm³/mol. The maximum Gasteiger partial charge on any atom is 0.374 e. The fourth-order valence-electron chi connectivity index (χ4n) is 1.44. The Balaban J connectivity index is 2.44. The Morgan fingerprint density at radius 3 is 2.79 bits per heavy atom. The fraction of sp³-hybridized carbons (Fsp3) is 0.364. The normalized spacial score (nSPS) is 11.7. The Hall–Kier alpha value is -1.35. The van der Waals surface area contributed by atoms with Crippen molar-refractivity contribution >= 4 is 25.4 Å². The summed E-state index contributed by atoms with van der Waals surface area (Å²) in [5.74, 6) is -0.691. The number of ether oxygens (including phenoxy) is 1. The highest BCUT2D eigenvalue weighted by atomic mass is 32.1. The number of nitrogens with one attached hydrogen (secondary N) is 1. The van der Waals surface area contributed by atoms with Crippen LogP contribution in [0.3, 0.4) is 0 Å². The van der Waals surface area contributed by atoms with Crippen molar-refractivity contribution in [1.82, 2.24) is 5.23 Å². The Bertz CT molecular complexity index is 405. The molecule has 0 aliphatic rings. The van der Waals surface area contributed by atoms with Crippen LogP contribution >= 0.6 is 0 Å². The van der Waals surface area contributed by atoms with E-state index in [-0.39, 0.29) is 6.61 Å². The number of benzene rings is 1. The summed E-state index contributed by atoms with van der Waals surface area (Å²) >= 11 is 4.20. The van der Waals surface area contributed by atoms with E-state index in [9.17, 15) is 9.82 Å². The maximum absolute atomic E-state index is 11.5. The third-order valence-electron chi connectivity index (χ3n) is 2.25. The average Bonchev–Trinajstić information content (AvgIpc) is 2.38. The van der Waals surface area contributed by atoms with E-state index in [1.165, 1.54) is 6.82 Å². The van der Waals surface area contributed by atoms with Crippen molar-refractivity contribution in [2.75, 3.05) is 6.61 Å². The van der Waals surface area contributed by atoms with Crippen LogP contribution in [0.4, 0.5) is 0 Å². The third-order valence-corrected chi connectivity index (χ3v) is 2.32. The van der Waals surface area contributed by atoms with Gasteiger partial charge in [0.25, 0.3) is 0 Å². The molecule has 0 heterocycles. The molecule has 0 saturated heterocycles. The first-order valence-electron chi connectivity index (χ1n) is 5.72. The molecular formula is C11H15BN2O4S. The first-order chi connectivity index (χ1) is 9.13. The van der Waals surface area contributed by atoms with Gasteiger partial charge in [-0.05, 0) is 16.9 Å². The molecule has 19 heavy (non-hydrogen) atoms. The Labute approximate surface area is 117 Å². The summed E-state index contributed by atoms with van der Waals surface area (Å²) in [6, 6.07) is 8.70. The molecule has 0 aliphatic heterocycles. The van der Waals surface area contributed by atoms with Gasteiger partial charge < -0.3 is 19.8 Å². The SMILES string of the molecule is CB(O)N[C@@H](COCc1ccccc1)C(=O)ON=S. The maximum atomic E-state index is 11.5. The molecule has 2 N–H and O–H groups in total. The standard InChI is InChI=1S/C11H15BN2O4S/c1-12(16)13-10(11(15)18-14-19)8-17-7-9-5-3-2-4-6-9/h2-6,10,13,16H,7-8H2,1H3/t10-/m0/s1. The smallest absolute Gasteiger partial charge is 0.374 e. The molecule has 0 fully saturated rings. The lowest BCUT2D eigenvalue weighted by Crippen LogP contribution is -2.48. The van der Waals surface area contributed by atoms with Crippen LogP contribution in [0.15, 0.2) is 34.9 Å². The zero-order valence-corrected chi connectivity index (χ0v) is 11.3. The van der Waals surface area contributed by atoms with Gasteiger partial charge in [0.2, 0.25) is 0 Å². The molecule has 0 aliphatic carbocycles. The Kier molecular flexibility index (Phi) is 7.20. The van der Waals surface area contributed by atoms with Crippen molar-refractivity contribution in [3.63, 3.8) is 0 Å². The van der Waals surface area contributed by atoms with Crippen LogP contribution in [-0.4, -0.2) is 30.7 Å². The molecule has 0 spiro atoms. The molecule has 1 aromatic carbocycles. The van der Waals surface area contributed by atoms with Crippen LogP contribution in [0, 0.1) is 0 Å². The second kappa shape index (κ2) is 8.70. The molecule has 0 amide bonds. The van der Waals surface area contributed by atoms with Crippen LogP contribution in [0.1, 0.15) is 5.56 Å². The minimum Gasteiger partial charge on any atom is -0.437 e. The van der Waals surface area contributed by atoms with Crippen molar-refractivity contribution in [2.45, 2.75) is 19.5 Å². The largest absolute Gasteiger partial charge is 0.437 e. The monoisotopic (exact) mass is 282 g/mol. The summed E-state index contributed by atoms with van der Waals surface area (Å²) in [6.07, 6.45) is 0. The van der Waals surface area contributed by atoms with Gasteiger partial charge >= 0.3 is 13.0 Å². The first kappa shape index (κ1) is 15.7. The molecule has 0 saturated carbocycles. The minimum absolute atomic E-state index is 0.0451. The van der Waals surface area contributed by atoms with E-state index in [4.69, 9.17) is 4.74 Å². The molecule has 0 unspecified atom stereocenters. The summed E-state index contributed by atoms with van der Waals surface area (Å²) in [5, 5.41) is 11.8. The lowest BCUT2D eigenvalue weighted by atomic mass is 9.87. The molecule has 0 aromatic heterocycles. The van der Waals surface area contributed by atoms with E-state index >= 15 is 0 Å². The molecule has 0 radical (unpaired) electrons. The fourth-order valence-corrected chi connectivity index (χ4v) is 1.52. The zero-order valence-electron chi connectivity index (χ0n) is 10.5. The molecule has 6 nitrogen and oxygen atoms in total. The van der Waals surface area contributed by atoms with E-state index in [2.05, 4.69) is 27.0 Å². The topological polar surface area (TPSA) is 80.1 Å². The van der Waals surface area contributed by atoms with Gasteiger partial charge in [-0.1, -0.05) is 30.3 Å². The van der Waals surface area contributed by atoms with Crippen molar-refractivity contribution in [3.05, 3.63) is 35.9 Å². The molecule has 1 aromatic rings. The summed E-state index contributed by atoms with van der Waals surface area (Å²) in [7, 11) is -0.872. The highest BCUT2D eigenvalue weighted by Crippen LogP contribution is 2.02. The van der Waals surface area contributed by atoms with Crippen molar-refractivity contribution < 1.29 is 19.4 Å². The number of hydrogen-bond donors (Lipinski definition) is 2. The Morgan fingerprint density at radius 1 is 1.53 bits per heavy atom. The van der Waals surface area contributed by atoms with Gasteiger partial charge in [0, 0.05) is 0 Å². The van der Waals surface area contributed by atoms with Crippen molar-refractivity contribution in [2.24, 2.45) is 4.53 Å². The minimum atomic E-state index is -0.872. The summed E-state index contributed by atoms with van der Waals surface area (Å²) in [4.78, 5) is 15.8. The highest BCUT2D eigenvalue weighted by molar-refractivity contribution is 7.47. The third kappa shape index (κ3) is 6.39. The van der Waals surface area contributed by atoms with Crippen LogP contribution < -0.4 is 5.23 Å². The van der Waals surface area contributed by atoms with E-state index in [0.717, 1.165) is 5.56 Å². The zero-order chi connectivity index (χ0) is 14.1. The second-order valence-electron chi connectivity index (χ2n) is 3.88. The van der Waals surface area contributed by atoms with Gasteiger partial charge in [0.05, 0.1) is 25.6 Å². The van der Waals surface area contributed by atoms with E-state index in [1.807, 2.05) is 30.3 Å². The van der Waals surface area contributed by atoms with Crippen LogP contribution in [0.2, 0.25) is 6.82 Å². The van der Waals surface area contributed by atoms with Crippen LogP contribution in [0.5, 0.6) is 0 Å². The van der Waals surface area contributed by atoms with Crippen molar-refractivity contribution in [1.29, 1.82) is 0 Å². The molecule has 8 heteroatoms. The van der Waals surface area contributed by atoms with E-state index in [0.29, 0.717) is 6.61 Å². The number of carbonyl (C=O) groups excluding carboxylic acids is 1. The number of carbonyl (C=O) groups is 1. The molecule has 0 bridgehead atoms. The molecule has 102 valence electrons. The van der Waals surface area contributed by atoms with E-state index in [1.54, 1.807) is 0 Å². The number of nitrogens with zero attached hydrogens (tertiary/aromatic N) is 1. The quantitative estimate of drug-likeness (QED) is 0.532. The number of hydrogen-bond acceptors (Lipinski definition) is 7. The summed E-state index contributed by atoms with van der Waals surface area (Å²) in [6.45, 7) is 1.89. The van der Waals surface area contributed by atoms with Gasteiger partial charge in [-0.3, -0.25) is 0 Å².